The van der Waals surface area contributed by atoms with Crippen molar-refractivity contribution in [3.8, 4) is 0 Å². The molecule has 4 heteroatoms. The van der Waals surface area contributed by atoms with Crippen molar-refractivity contribution in [3.05, 3.63) is 47.5 Å². The van der Waals surface area contributed by atoms with Crippen LogP contribution in [0, 0.1) is 0 Å². The van der Waals surface area contributed by atoms with E-state index in [1.54, 1.807) is 0 Å². The minimum atomic E-state index is -0.659. The molecule has 0 aliphatic carbocycles. The second kappa shape index (κ2) is 15.1. The third-order valence-electron chi connectivity index (χ3n) is 4.98. The number of aliphatic carboxylic acids is 1. The van der Waals surface area contributed by atoms with Crippen LogP contribution in [0.2, 0.25) is 0 Å². The molecule has 4 nitrogen and oxygen atoms in total. The predicted molar refractivity (Wildman–Crippen MR) is 119 cm³/mol. The van der Waals surface area contributed by atoms with Crippen LogP contribution in [0.3, 0.4) is 0 Å². The summed E-state index contributed by atoms with van der Waals surface area (Å²) >= 11 is 0. The molecule has 0 bridgehead atoms. The van der Waals surface area contributed by atoms with Crippen LogP contribution < -0.4 is 11.5 Å². The van der Waals surface area contributed by atoms with E-state index in [1.165, 1.54) is 61.3 Å². The van der Waals surface area contributed by atoms with Crippen molar-refractivity contribution >= 4 is 16.7 Å². The molecule has 2 aromatic rings. The summed E-state index contributed by atoms with van der Waals surface area (Å²) in [7, 11) is 0. The van der Waals surface area contributed by atoms with Crippen molar-refractivity contribution in [1.29, 1.82) is 0 Å². The zero-order valence-electron chi connectivity index (χ0n) is 17.5. The summed E-state index contributed by atoms with van der Waals surface area (Å²) in [5.41, 5.74) is 13.6. The maximum Gasteiger partial charge on any atom is 0.303 e. The average Bonchev–Trinajstić information content (AvgIpc) is 2.72. The second-order valence-corrected chi connectivity index (χ2v) is 7.35. The molecule has 0 amide bonds. The van der Waals surface area contributed by atoms with Crippen LogP contribution in [-0.2, 0) is 17.9 Å². The largest absolute Gasteiger partial charge is 0.481 e. The fourth-order valence-corrected chi connectivity index (χ4v) is 3.29. The summed E-state index contributed by atoms with van der Waals surface area (Å²) in [6.45, 7) is 3.40. The van der Waals surface area contributed by atoms with E-state index in [0.717, 1.165) is 18.4 Å². The smallest absolute Gasteiger partial charge is 0.303 e. The van der Waals surface area contributed by atoms with Gasteiger partial charge < -0.3 is 16.6 Å². The van der Waals surface area contributed by atoms with Gasteiger partial charge >= 0.3 is 5.97 Å². The lowest BCUT2D eigenvalue weighted by Gasteiger charge is -2.05. The van der Waals surface area contributed by atoms with Gasteiger partial charge in [0.1, 0.15) is 0 Å². The summed E-state index contributed by atoms with van der Waals surface area (Å²) in [6, 6.07) is 12.5. The summed E-state index contributed by atoms with van der Waals surface area (Å²) in [6.07, 6.45) is 11.5. The van der Waals surface area contributed by atoms with Gasteiger partial charge in [0.15, 0.2) is 0 Å². The molecule has 0 spiro atoms. The Morgan fingerprint density at radius 3 is 2.07 bits per heavy atom. The third kappa shape index (κ3) is 9.86. The first-order valence-corrected chi connectivity index (χ1v) is 10.7. The average molecular weight is 387 g/mol. The number of hydrogen-bond donors (Lipinski definition) is 3. The molecule has 2 aromatic carbocycles. The molecule has 0 fully saturated rings. The number of fused-ring (bicyclic) bond motifs is 1. The van der Waals surface area contributed by atoms with Gasteiger partial charge in [-0.05, 0) is 34.4 Å². The number of nitrogens with two attached hydrogens (primary N) is 2. The minimum absolute atomic E-state index is 0.343. The van der Waals surface area contributed by atoms with Gasteiger partial charge in [-0.15, -0.1) is 0 Å². The Balaban J connectivity index is 0.000000280. The monoisotopic (exact) mass is 386 g/mol. The van der Waals surface area contributed by atoms with Crippen LogP contribution in [0.5, 0.6) is 0 Å². The fourth-order valence-electron chi connectivity index (χ4n) is 3.29. The normalized spacial score (nSPS) is 10.5. The highest BCUT2D eigenvalue weighted by molar-refractivity contribution is 5.86. The highest BCUT2D eigenvalue weighted by Crippen LogP contribution is 2.19. The van der Waals surface area contributed by atoms with Crippen LogP contribution in [-0.4, -0.2) is 11.1 Å². The zero-order chi connectivity index (χ0) is 20.6. The van der Waals surface area contributed by atoms with Crippen molar-refractivity contribution in [2.75, 3.05) is 0 Å². The summed E-state index contributed by atoms with van der Waals surface area (Å²) in [4.78, 5) is 10.2. The van der Waals surface area contributed by atoms with E-state index in [1.807, 2.05) is 6.07 Å². The Bertz CT molecular complexity index is 685. The number of carbonyl (C=O) groups is 1. The van der Waals surface area contributed by atoms with Crippen LogP contribution in [0.1, 0.15) is 82.3 Å². The van der Waals surface area contributed by atoms with Gasteiger partial charge in [0, 0.05) is 19.5 Å². The van der Waals surface area contributed by atoms with Crippen LogP contribution in [0.4, 0.5) is 0 Å². The first-order valence-electron chi connectivity index (χ1n) is 10.7. The molecule has 0 unspecified atom stereocenters. The van der Waals surface area contributed by atoms with Gasteiger partial charge in [-0.2, -0.15) is 0 Å². The van der Waals surface area contributed by atoms with Crippen molar-refractivity contribution in [2.24, 2.45) is 11.5 Å². The number of hydrogen-bond acceptors (Lipinski definition) is 3. The second-order valence-electron chi connectivity index (χ2n) is 7.35. The summed E-state index contributed by atoms with van der Waals surface area (Å²) in [5, 5.41) is 10.9. The van der Waals surface area contributed by atoms with Gasteiger partial charge in [0.25, 0.3) is 0 Å². The van der Waals surface area contributed by atoms with E-state index in [9.17, 15) is 4.79 Å². The maximum atomic E-state index is 10.2. The number of carboxylic acid groups (broad SMARTS) is 1. The molecule has 0 heterocycles. The lowest BCUT2D eigenvalue weighted by Crippen LogP contribution is -1.98. The summed E-state index contributed by atoms with van der Waals surface area (Å²) < 4.78 is 0. The molecule has 156 valence electrons. The predicted octanol–water partition coefficient (Wildman–Crippen LogP) is 5.75. The molecule has 0 aliphatic heterocycles. The maximum absolute atomic E-state index is 10.2. The number of rotatable bonds is 12. The van der Waals surface area contributed by atoms with Crippen molar-refractivity contribution < 1.29 is 9.90 Å². The topological polar surface area (TPSA) is 89.3 Å². The van der Waals surface area contributed by atoms with Crippen molar-refractivity contribution in [3.63, 3.8) is 0 Å². The van der Waals surface area contributed by atoms with Gasteiger partial charge in [-0.25, -0.2) is 0 Å². The highest BCUT2D eigenvalue weighted by atomic mass is 16.4. The Morgan fingerprint density at radius 2 is 1.50 bits per heavy atom. The van der Waals surface area contributed by atoms with Gasteiger partial charge in [0.2, 0.25) is 0 Å². The molecule has 0 saturated heterocycles. The van der Waals surface area contributed by atoms with Gasteiger partial charge in [-0.3, -0.25) is 4.79 Å². The van der Waals surface area contributed by atoms with E-state index in [-0.39, 0.29) is 0 Å². The highest BCUT2D eigenvalue weighted by Gasteiger charge is 1.99. The molecular weight excluding hydrogens is 348 g/mol. The van der Waals surface area contributed by atoms with Crippen LogP contribution in [0.15, 0.2) is 36.4 Å². The number of carboxylic acids is 1. The molecule has 0 radical (unpaired) electrons. The minimum Gasteiger partial charge on any atom is -0.481 e. The van der Waals surface area contributed by atoms with Crippen molar-refractivity contribution in [1.82, 2.24) is 0 Å². The first-order chi connectivity index (χ1) is 13.6. The quantitative estimate of drug-likeness (QED) is 0.405. The molecule has 5 N–H and O–H groups in total. The lowest BCUT2D eigenvalue weighted by molar-refractivity contribution is -0.137. The molecule has 0 aromatic heterocycles. The van der Waals surface area contributed by atoms with Crippen molar-refractivity contribution in [2.45, 2.75) is 84.2 Å². The SMILES string of the molecule is CCCCCCCCCCCC(=O)O.NCc1ccc2c(CN)cccc2c1. The Morgan fingerprint density at radius 1 is 0.857 bits per heavy atom. The molecule has 0 atom stereocenters. The van der Waals surface area contributed by atoms with Crippen LogP contribution >= 0.6 is 0 Å². The van der Waals surface area contributed by atoms with E-state index >= 15 is 0 Å². The van der Waals surface area contributed by atoms with Crippen LogP contribution in [0.25, 0.3) is 10.8 Å². The zero-order valence-corrected chi connectivity index (χ0v) is 17.5. The Kier molecular flexibility index (Phi) is 13.0. The van der Waals surface area contributed by atoms with Gasteiger partial charge in [0.05, 0.1) is 0 Å². The Labute approximate surface area is 170 Å². The number of benzene rings is 2. The van der Waals surface area contributed by atoms with E-state index in [0.29, 0.717) is 19.5 Å². The van der Waals surface area contributed by atoms with E-state index in [2.05, 4.69) is 37.3 Å². The third-order valence-corrected chi connectivity index (χ3v) is 4.98. The first kappa shape index (κ1) is 24.1. The van der Waals surface area contributed by atoms with Gasteiger partial charge in [-0.1, -0.05) is 88.6 Å². The Hall–Kier alpha value is -1.91. The fraction of sp³-hybridized carbons (Fsp3) is 0.542. The molecule has 2 rings (SSSR count). The molecule has 0 saturated carbocycles. The number of unbranched alkanes of at least 4 members (excludes halogenated alkanes) is 8. The molecular formula is C24H38N2O2. The molecule has 0 aliphatic rings. The lowest BCUT2D eigenvalue weighted by atomic mass is 10.0. The summed E-state index contributed by atoms with van der Waals surface area (Å²) in [5.74, 6) is -0.659. The molecule has 28 heavy (non-hydrogen) atoms. The van der Waals surface area contributed by atoms with E-state index in [4.69, 9.17) is 16.6 Å². The van der Waals surface area contributed by atoms with E-state index < -0.39 is 5.97 Å². The standard InChI is InChI=1S/C12H14N2.C12H24O2/c13-7-9-4-5-12-10(6-9)2-1-3-11(12)8-14;1-2-3-4-5-6-7-8-9-10-11-12(13)14/h1-6H,7-8,13-14H2;2-11H2,1H3,(H,13,14).